The highest BCUT2D eigenvalue weighted by Gasteiger charge is 2.31. The number of carbonyl (C=O) groups is 2. The van der Waals surface area contributed by atoms with Gasteiger partial charge >= 0.3 is 0 Å². The SMILES string of the molecule is O=C(C[C@H]1Sc2ccc(Cl)cc2NC1=O)N[C@@H]1CCSc2c(F)cccc21. The molecule has 2 aromatic rings. The van der Waals surface area contributed by atoms with Gasteiger partial charge in [-0.1, -0.05) is 23.7 Å². The van der Waals surface area contributed by atoms with E-state index in [1.807, 2.05) is 12.1 Å². The van der Waals surface area contributed by atoms with Crippen LogP contribution in [0.4, 0.5) is 10.1 Å². The Bertz CT molecular complexity index is 925. The highest BCUT2D eigenvalue weighted by Crippen LogP contribution is 2.40. The summed E-state index contributed by atoms with van der Waals surface area (Å²) in [7, 11) is 0. The number of thioether (sulfide) groups is 2. The molecule has 0 unspecified atom stereocenters. The smallest absolute Gasteiger partial charge is 0.238 e. The lowest BCUT2D eigenvalue weighted by atomic mass is 10.0. The van der Waals surface area contributed by atoms with Gasteiger partial charge in [-0.15, -0.1) is 23.5 Å². The fourth-order valence-corrected chi connectivity index (χ4v) is 5.62. The molecule has 2 aliphatic heterocycles. The third kappa shape index (κ3) is 3.95. The first-order valence-electron chi connectivity index (χ1n) is 8.49. The highest BCUT2D eigenvalue weighted by atomic mass is 35.5. The number of halogens is 2. The molecule has 2 amide bonds. The summed E-state index contributed by atoms with van der Waals surface area (Å²) in [5, 5.41) is 5.81. The van der Waals surface area contributed by atoms with E-state index in [0.29, 0.717) is 15.6 Å². The number of benzene rings is 2. The van der Waals surface area contributed by atoms with Crippen molar-refractivity contribution in [2.24, 2.45) is 0 Å². The normalized spacial score (nSPS) is 21.0. The van der Waals surface area contributed by atoms with Crippen LogP contribution in [-0.2, 0) is 9.59 Å². The van der Waals surface area contributed by atoms with Crippen LogP contribution in [0.3, 0.4) is 0 Å². The fourth-order valence-electron chi connectivity index (χ4n) is 3.22. The molecule has 0 radical (unpaired) electrons. The number of nitrogens with one attached hydrogen (secondary N) is 2. The van der Waals surface area contributed by atoms with Crippen LogP contribution in [0.5, 0.6) is 0 Å². The Kier molecular flexibility index (Phi) is 5.34. The summed E-state index contributed by atoms with van der Waals surface area (Å²) in [6.45, 7) is 0. The number of amides is 2. The molecule has 0 aliphatic carbocycles. The molecular formula is C19H16ClFN2O2S2. The van der Waals surface area contributed by atoms with Crippen LogP contribution in [0.25, 0.3) is 0 Å². The summed E-state index contributed by atoms with van der Waals surface area (Å²) in [5.41, 5.74) is 1.48. The van der Waals surface area contributed by atoms with E-state index in [0.717, 1.165) is 22.6 Å². The van der Waals surface area contributed by atoms with Crippen LogP contribution in [0.15, 0.2) is 46.2 Å². The number of anilines is 1. The van der Waals surface area contributed by atoms with Crippen LogP contribution < -0.4 is 10.6 Å². The number of carbonyl (C=O) groups excluding carboxylic acids is 2. The monoisotopic (exact) mass is 422 g/mol. The minimum Gasteiger partial charge on any atom is -0.349 e. The van der Waals surface area contributed by atoms with Crippen molar-refractivity contribution in [3.8, 4) is 0 Å². The Labute approximate surface area is 169 Å². The third-order valence-corrected chi connectivity index (χ3v) is 7.16. The van der Waals surface area contributed by atoms with E-state index < -0.39 is 5.25 Å². The van der Waals surface area contributed by atoms with Gasteiger partial charge in [0.15, 0.2) is 0 Å². The summed E-state index contributed by atoms with van der Waals surface area (Å²) in [4.78, 5) is 26.4. The lowest BCUT2D eigenvalue weighted by Gasteiger charge is -2.28. The molecule has 2 heterocycles. The molecule has 0 aromatic heterocycles. The average molecular weight is 423 g/mol. The van der Waals surface area contributed by atoms with Gasteiger partial charge in [-0.2, -0.15) is 0 Å². The average Bonchev–Trinajstić information content (AvgIpc) is 2.63. The van der Waals surface area contributed by atoms with Gasteiger partial charge in [0.25, 0.3) is 0 Å². The lowest BCUT2D eigenvalue weighted by molar-refractivity contribution is -0.124. The lowest BCUT2D eigenvalue weighted by Crippen LogP contribution is -2.37. The van der Waals surface area contributed by atoms with E-state index in [9.17, 15) is 14.0 Å². The molecule has 27 heavy (non-hydrogen) atoms. The van der Waals surface area contributed by atoms with E-state index in [-0.39, 0.29) is 30.1 Å². The van der Waals surface area contributed by atoms with Crippen molar-refractivity contribution in [3.63, 3.8) is 0 Å². The summed E-state index contributed by atoms with van der Waals surface area (Å²) >= 11 is 8.78. The maximum absolute atomic E-state index is 14.0. The van der Waals surface area contributed by atoms with Gasteiger partial charge in [-0.25, -0.2) is 4.39 Å². The Morgan fingerprint density at radius 2 is 2.19 bits per heavy atom. The van der Waals surface area contributed by atoms with Crippen molar-refractivity contribution in [3.05, 3.63) is 52.8 Å². The standard InChI is InChI=1S/C19H16ClFN2O2S2/c20-10-4-5-15-14(8-10)23-19(25)16(27-15)9-17(24)22-13-6-7-26-18-11(13)2-1-3-12(18)21/h1-5,8,13,16H,6-7,9H2,(H,22,24)(H,23,25)/t13-,16-/m1/s1. The summed E-state index contributed by atoms with van der Waals surface area (Å²) in [5.74, 6) is 0.0581. The molecule has 0 saturated heterocycles. The first kappa shape index (κ1) is 18.7. The van der Waals surface area contributed by atoms with Crippen LogP contribution in [0.1, 0.15) is 24.4 Å². The second-order valence-corrected chi connectivity index (χ2v) is 9.14. The van der Waals surface area contributed by atoms with Gasteiger partial charge in [0.2, 0.25) is 11.8 Å². The molecule has 4 rings (SSSR count). The fraction of sp³-hybridized carbons (Fsp3) is 0.263. The number of hydrogen-bond donors (Lipinski definition) is 2. The molecule has 8 heteroatoms. The molecule has 2 aliphatic rings. The molecule has 2 atom stereocenters. The molecule has 0 fully saturated rings. The number of rotatable bonds is 3. The van der Waals surface area contributed by atoms with Gasteiger partial charge in [0.05, 0.1) is 17.0 Å². The van der Waals surface area contributed by atoms with Crippen molar-refractivity contribution in [2.75, 3.05) is 11.1 Å². The molecule has 0 saturated carbocycles. The largest absolute Gasteiger partial charge is 0.349 e. The van der Waals surface area contributed by atoms with E-state index >= 15 is 0 Å². The zero-order chi connectivity index (χ0) is 19.0. The Morgan fingerprint density at radius 3 is 3.04 bits per heavy atom. The van der Waals surface area contributed by atoms with E-state index in [1.165, 1.54) is 29.6 Å². The second kappa shape index (κ2) is 7.73. The molecular weight excluding hydrogens is 407 g/mol. The van der Waals surface area contributed by atoms with Crippen molar-refractivity contribution < 1.29 is 14.0 Å². The third-order valence-electron chi connectivity index (χ3n) is 4.49. The van der Waals surface area contributed by atoms with Crippen molar-refractivity contribution in [1.82, 2.24) is 5.32 Å². The minimum absolute atomic E-state index is 0.0624. The van der Waals surface area contributed by atoms with E-state index in [4.69, 9.17) is 11.6 Å². The first-order chi connectivity index (χ1) is 13.0. The highest BCUT2D eigenvalue weighted by molar-refractivity contribution is 8.01. The molecule has 0 bridgehead atoms. The van der Waals surface area contributed by atoms with Crippen molar-refractivity contribution >= 4 is 52.6 Å². The molecule has 2 N–H and O–H groups in total. The summed E-state index contributed by atoms with van der Waals surface area (Å²) < 4.78 is 14.0. The number of hydrogen-bond acceptors (Lipinski definition) is 4. The van der Waals surface area contributed by atoms with Crippen LogP contribution in [0, 0.1) is 5.82 Å². The second-order valence-electron chi connectivity index (χ2n) is 6.36. The summed E-state index contributed by atoms with van der Waals surface area (Å²) in [6, 6.07) is 10.00. The van der Waals surface area contributed by atoms with Gasteiger partial charge in [-0.05, 0) is 36.2 Å². The van der Waals surface area contributed by atoms with Crippen LogP contribution in [0.2, 0.25) is 5.02 Å². The maximum Gasteiger partial charge on any atom is 0.238 e. The Hall–Kier alpha value is -1.70. The van der Waals surface area contributed by atoms with Gasteiger partial charge in [0, 0.05) is 27.0 Å². The molecule has 4 nitrogen and oxygen atoms in total. The van der Waals surface area contributed by atoms with Crippen molar-refractivity contribution in [2.45, 2.75) is 33.9 Å². The summed E-state index contributed by atoms with van der Waals surface area (Å²) in [6.07, 6.45) is 0.797. The van der Waals surface area contributed by atoms with Crippen molar-refractivity contribution in [1.29, 1.82) is 0 Å². The molecule has 2 aromatic carbocycles. The predicted molar refractivity (Wildman–Crippen MR) is 107 cm³/mol. The Morgan fingerprint density at radius 1 is 1.33 bits per heavy atom. The molecule has 140 valence electrons. The molecule has 0 spiro atoms. The first-order valence-corrected chi connectivity index (χ1v) is 10.7. The predicted octanol–water partition coefficient (Wildman–Crippen LogP) is 4.64. The quantitative estimate of drug-likeness (QED) is 0.756. The van der Waals surface area contributed by atoms with Gasteiger partial charge in [0.1, 0.15) is 5.82 Å². The topological polar surface area (TPSA) is 58.2 Å². The number of fused-ring (bicyclic) bond motifs is 2. The van der Waals surface area contributed by atoms with Gasteiger partial charge in [-0.3, -0.25) is 9.59 Å². The zero-order valence-corrected chi connectivity index (χ0v) is 16.5. The van der Waals surface area contributed by atoms with Crippen LogP contribution in [-0.4, -0.2) is 22.8 Å². The zero-order valence-electron chi connectivity index (χ0n) is 14.1. The van der Waals surface area contributed by atoms with Gasteiger partial charge < -0.3 is 10.6 Å². The van der Waals surface area contributed by atoms with E-state index in [2.05, 4.69) is 10.6 Å². The minimum atomic E-state index is -0.511. The maximum atomic E-state index is 14.0. The van der Waals surface area contributed by atoms with E-state index in [1.54, 1.807) is 18.2 Å². The van der Waals surface area contributed by atoms with Crippen LogP contribution >= 0.6 is 35.1 Å². The Balaban J connectivity index is 1.44.